The minimum Gasteiger partial charge on any atom is -0.490 e. The molecular weight excluding hydrogens is 200 g/mol. The van der Waals surface area contributed by atoms with Crippen molar-refractivity contribution >= 4 is 5.69 Å². The standard InChI is InChI=1S/C13H22N2O/c1-3-11(4-2)15-12-7-5-6-8-13(12)16-10-9-14/h5-8,11,15H,3-4,9-10,14H2,1-2H3. The summed E-state index contributed by atoms with van der Waals surface area (Å²) in [6.07, 6.45) is 2.23. The molecule has 3 heteroatoms. The van der Waals surface area contributed by atoms with Gasteiger partial charge in [-0.25, -0.2) is 0 Å². The molecule has 0 radical (unpaired) electrons. The summed E-state index contributed by atoms with van der Waals surface area (Å²) in [6, 6.07) is 8.51. The van der Waals surface area contributed by atoms with E-state index in [0.717, 1.165) is 24.3 Å². The summed E-state index contributed by atoms with van der Waals surface area (Å²) in [5, 5.41) is 3.49. The number of hydrogen-bond donors (Lipinski definition) is 2. The SMILES string of the molecule is CCC(CC)Nc1ccccc1OCCN. The summed E-state index contributed by atoms with van der Waals surface area (Å²) in [5.74, 6) is 0.889. The maximum atomic E-state index is 5.59. The lowest BCUT2D eigenvalue weighted by Gasteiger charge is -2.19. The van der Waals surface area contributed by atoms with E-state index in [0.29, 0.717) is 19.2 Å². The van der Waals surface area contributed by atoms with Crippen LogP contribution in [-0.2, 0) is 0 Å². The highest BCUT2D eigenvalue weighted by molar-refractivity contribution is 5.56. The zero-order chi connectivity index (χ0) is 11.8. The highest BCUT2D eigenvalue weighted by Crippen LogP contribution is 2.25. The highest BCUT2D eigenvalue weighted by atomic mass is 16.5. The lowest BCUT2D eigenvalue weighted by atomic mass is 10.1. The molecule has 0 fully saturated rings. The topological polar surface area (TPSA) is 47.3 Å². The maximum absolute atomic E-state index is 5.59. The number of rotatable bonds is 7. The second-order valence-electron chi connectivity index (χ2n) is 3.79. The molecule has 3 N–H and O–H groups in total. The van der Waals surface area contributed by atoms with Crippen LogP contribution >= 0.6 is 0 Å². The van der Waals surface area contributed by atoms with Crippen molar-refractivity contribution in [2.75, 3.05) is 18.5 Å². The fraction of sp³-hybridized carbons (Fsp3) is 0.538. The van der Waals surface area contributed by atoms with Gasteiger partial charge >= 0.3 is 0 Å². The molecule has 0 aromatic heterocycles. The summed E-state index contributed by atoms with van der Waals surface area (Å²) in [6.45, 7) is 5.47. The average Bonchev–Trinajstić information content (AvgIpc) is 2.34. The van der Waals surface area contributed by atoms with E-state index in [2.05, 4.69) is 19.2 Å². The molecule has 0 saturated carbocycles. The Bertz CT molecular complexity index is 298. The van der Waals surface area contributed by atoms with Crippen molar-refractivity contribution in [1.29, 1.82) is 0 Å². The molecule has 0 aliphatic heterocycles. The molecule has 1 aromatic rings. The quantitative estimate of drug-likeness (QED) is 0.745. The van der Waals surface area contributed by atoms with Crippen LogP contribution in [0.4, 0.5) is 5.69 Å². The Labute approximate surface area is 98.0 Å². The molecule has 0 bridgehead atoms. The first-order valence-electron chi connectivity index (χ1n) is 6.00. The van der Waals surface area contributed by atoms with Gasteiger partial charge in [0.25, 0.3) is 0 Å². The smallest absolute Gasteiger partial charge is 0.142 e. The van der Waals surface area contributed by atoms with Crippen LogP contribution in [0, 0.1) is 0 Å². The lowest BCUT2D eigenvalue weighted by molar-refractivity contribution is 0.329. The van der Waals surface area contributed by atoms with Crippen LogP contribution in [0.15, 0.2) is 24.3 Å². The molecule has 3 nitrogen and oxygen atoms in total. The minimum atomic E-state index is 0.502. The number of nitrogens with one attached hydrogen (secondary N) is 1. The molecule has 0 amide bonds. The number of nitrogens with two attached hydrogens (primary N) is 1. The predicted octanol–water partition coefficient (Wildman–Crippen LogP) is 2.62. The molecule has 0 atom stereocenters. The van der Waals surface area contributed by atoms with Crippen LogP contribution in [0.3, 0.4) is 0 Å². The first-order valence-corrected chi connectivity index (χ1v) is 6.00. The van der Waals surface area contributed by atoms with Gasteiger partial charge in [0.1, 0.15) is 12.4 Å². The Morgan fingerprint density at radius 2 is 1.94 bits per heavy atom. The van der Waals surface area contributed by atoms with Gasteiger partial charge in [0.05, 0.1) is 5.69 Å². The molecule has 90 valence electrons. The predicted molar refractivity (Wildman–Crippen MR) is 69.0 cm³/mol. The van der Waals surface area contributed by atoms with Gasteiger partial charge in [0.2, 0.25) is 0 Å². The fourth-order valence-electron chi connectivity index (χ4n) is 1.59. The van der Waals surface area contributed by atoms with Crippen molar-refractivity contribution in [2.24, 2.45) is 5.73 Å². The molecule has 0 aliphatic rings. The van der Waals surface area contributed by atoms with Gasteiger partial charge in [-0.1, -0.05) is 26.0 Å². The van der Waals surface area contributed by atoms with Gasteiger partial charge in [-0.15, -0.1) is 0 Å². The highest BCUT2D eigenvalue weighted by Gasteiger charge is 2.07. The summed E-state index contributed by atoms with van der Waals surface area (Å²) >= 11 is 0. The molecular formula is C13H22N2O. The van der Waals surface area contributed by atoms with Crippen LogP contribution in [0.2, 0.25) is 0 Å². The molecule has 1 rings (SSSR count). The second-order valence-corrected chi connectivity index (χ2v) is 3.79. The van der Waals surface area contributed by atoms with Crippen molar-refractivity contribution in [3.8, 4) is 5.75 Å². The second kappa shape index (κ2) is 7.12. The van der Waals surface area contributed by atoms with Crippen LogP contribution in [0.25, 0.3) is 0 Å². The van der Waals surface area contributed by atoms with Crippen LogP contribution in [-0.4, -0.2) is 19.2 Å². The van der Waals surface area contributed by atoms with Crippen LogP contribution in [0.5, 0.6) is 5.75 Å². The van der Waals surface area contributed by atoms with Crippen LogP contribution in [0.1, 0.15) is 26.7 Å². The summed E-state index contributed by atoms with van der Waals surface area (Å²) in [4.78, 5) is 0. The number of benzene rings is 1. The number of para-hydroxylation sites is 2. The fourth-order valence-corrected chi connectivity index (χ4v) is 1.59. The monoisotopic (exact) mass is 222 g/mol. The van der Waals surface area contributed by atoms with Gasteiger partial charge in [-0.2, -0.15) is 0 Å². The van der Waals surface area contributed by atoms with Crippen LogP contribution < -0.4 is 15.8 Å². The van der Waals surface area contributed by atoms with E-state index in [1.165, 1.54) is 0 Å². The summed E-state index contributed by atoms with van der Waals surface area (Å²) in [7, 11) is 0. The van der Waals surface area contributed by atoms with E-state index in [1.54, 1.807) is 0 Å². The van der Waals surface area contributed by atoms with E-state index in [9.17, 15) is 0 Å². The third kappa shape index (κ3) is 3.74. The van der Waals surface area contributed by atoms with Crippen molar-refractivity contribution in [3.63, 3.8) is 0 Å². The summed E-state index contributed by atoms with van der Waals surface area (Å²) in [5.41, 5.74) is 6.49. The average molecular weight is 222 g/mol. The van der Waals surface area contributed by atoms with E-state index in [4.69, 9.17) is 10.5 Å². The minimum absolute atomic E-state index is 0.502. The Kier molecular flexibility index (Phi) is 5.72. The summed E-state index contributed by atoms with van der Waals surface area (Å²) < 4.78 is 5.59. The lowest BCUT2D eigenvalue weighted by Crippen LogP contribution is -2.18. The Morgan fingerprint density at radius 3 is 2.56 bits per heavy atom. The number of anilines is 1. The van der Waals surface area contributed by atoms with E-state index in [1.807, 2.05) is 24.3 Å². The Morgan fingerprint density at radius 1 is 1.25 bits per heavy atom. The number of hydrogen-bond acceptors (Lipinski definition) is 3. The molecule has 0 spiro atoms. The third-order valence-corrected chi connectivity index (χ3v) is 2.61. The van der Waals surface area contributed by atoms with Gasteiger partial charge in [0, 0.05) is 12.6 Å². The van der Waals surface area contributed by atoms with E-state index >= 15 is 0 Å². The molecule has 1 aromatic carbocycles. The van der Waals surface area contributed by atoms with Gasteiger partial charge < -0.3 is 15.8 Å². The molecule has 0 unspecified atom stereocenters. The largest absolute Gasteiger partial charge is 0.490 e. The number of ether oxygens (including phenoxy) is 1. The zero-order valence-electron chi connectivity index (χ0n) is 10.2. The maximum Gasteiger partial charge on any atom is 0.142 e. The first-order chi connectivity index (χ1) is 7.81. The Balaban J connectivity index is 2.69. The van der Waals surface area contributed by atoms with E-state index in [-0.39, 0.29) is 0 Å². The van der Waals surface area contributed by atoms with E-state index < -0.39 is 0 Å². The van der Waals surface area contributed by atoms with Crippen molar-refractivity contribution in [2.45, 2.75) is 32.7 Å². The first kappa shape index (κ1) is 12.8. The van der Waals surface area contributed by atoms with Gasteiger partial charge in [-0.05, 0) is 25.0 Å². The molecule has 0 heterocycles. The van der Waals surface area contributed by atoms with Gasteiger partial charge in [0.15, 0.2) is 0 Å². The third-order valence-electron chi connectivity index (χ3n) is 2.61. The zero-order valence-corrected chi connectivity index (χ0v) is 10.2. The Hall–Kier alpha value is -1.22. The normalized spacial score (nSPS) is 10.5. The van der Waals surface area contributed by atoms with Crippen molar-refractivity contribution < 1.29 is 4.74 Å². The van der Waals surface area contributed by atoms with Crippen molar-refractivity contribution in [3.05, 3.63) is 24.3 Å². The van der Waals surface area contributed by atoms with Crippen molar-refractivity contribution in [1.82, 2.24) is 0 Å². The molecule has 16 heavy (non-hydrogen) atoms. The van der Waals surface area contributed by atoms with Gasteiger partial charge in [-0.3, -0.25) is 0 Å². The molecule has 0 saturated heterocycles. The molecule has 0 aliphatic carbocycles.